The summed E-state index contributed by atoms with van der Waals surface area (Å²) in [5.74, 6) is 0.696. The summed E-state index contributed by atoms with van der Waals surface area (Å²) in [6.45, 7) is 4.56. The number of phenols is 1. The number of rotatable bonds is 5. The molecule has 1 N–H and O–H groups in total. The van der Waals surface area contributed by atoms with E-state index in [0.717, 1.165) is 16.7 Å². The highest BCUT2D eigenvalue weighted by atomic mass is 35.5. The van der Waals surface area contributed by atoms with Crippen LogP contribution < -0.4 is 4.74 Å². The Hall–Kier alpha value is -3.37. The molecule has 30 heavy (non-hydrogen) atoms. The standard InChI is InChI=1S/C25H21ClN2O2/c1-16-3-4-17(2)19(11-16)14-30-21-9-10-22(24(29)12-21)25-23(13-27-15-28-25)18-5-7-20(26)8-6-18/h3-13,15,29H,14H2,1-2H3. The van der Waals surface area contributed by atoms with Gasteiger partial charge in [0.25, 0.3) is 0 Å². The third kappa shape index (κ3) is 4.29. The van der Waals surface area contributed by atoms with E-state index in [2.05, 4.69) is 42.0 Å². The summed E-state index contributed by atoms with van der Waals surface area (Å²) in [4.78, 5) is 8.55. The average molecular weight is 417 g/mol. The second-order valence-corrected chi connectivity index (χ2v) is 7.63. The highest BCUT2D eigenvalue weighted by molar-refractivity contribution is 6.30. The number of aromatic nitrogens is 2. The molecule has 4 rings (SSSR count). The molecule has 0 spiro atoms. The largest absolute Gasteiger partial charge is 0.507 e. The maximum absolute atomic E-state index is 10.7. The van der Waals surface area contributed by atoms with Crippen molar-refractivity contribution in [2.75, 3.05) is 0 Å². The molecule has 0 saturated carbocycles. The Balaban J connectivity index is 1.61. The van der Waals surface area contributed by atoms with Crippen molar-refractivity contribution in [3.63, 3.8) is 0 Å². The van der Waals surface area contributed by atoms with Crippen LogP contribution in [0.5, 0.6) is 11.5 Å². The van der Waals surface area contributed by atoms with Crippen LogP contribution in [-0.2, 0) is 6.61 Å². The first-order chi connectivity index (χ1) is 14.5. The Bertz CT molecular complexity index is 1190. The number of aromatic hydroxyl groups is 1. The maximum Gasteiger partial charge on any atom is 0.128 e. The molecule has 0 amide bonds. The van der Waals surface area contributed by atoms with Gasteiger partial charge in [0.15, 0.2) is 0 Å². The van der Waals surface area contributed by atoms with Gasteiger partial charge in [-0.25, -0.2) is 9.97 Å². The number of hydrogen-bond acceptors (Lipinski definition) is 4. The lowest BCUT2D eigenvalue weighted by Crippen LogP contribution is -1.99. The van der Waals surface area contributed by atoms with Gasteiger partial charge in [-0.15, -0.1) is 0 Å². The first-order valence-electron chi connectivity index (χ1n) is 9.59. The van der Waals surface area contributed by atoms with E-state index in [4.69, 9.17) is 16.3 Å². The molecule has 3 aromatic carbocycles. The van der Waals surface area contributed by atoms with Crippen LogP contribution in [0.25, 0.3) is 22.4 Å². The van der Waals surface area contributed by atoms with Gasteiger partial charge in [0, 0.05) is 28.4 Å². The van der Waals surface area contributed by atoms with E-state index >= 15 is 0 Å². The first-order valence-corrected chi connectivity index (χ1v) is 9.97. The molecule has 0 aliphatic rings. The normalized spacial score (nSPS) is 10.8. The molecule has 0 radical (unpaired) electrons. The molecule has 0 aliphatic carbocycles. The van der Waals surface area contributed by atoms with E-state index in [0.29, 0.717) is 28.6 Å². The van der Waals surface area contributed by atoms with Crippen LogP contribution in [0.15, 0.2) is 73.2 Å². The highest BCUT2D eigenvalue weighted by Crippen LogP contribution is 2.37. The molecule has 0 unspecified atom stereocenters. The minimum atomic E-state index is 0.0994. The molecule has 0 saturated heterocycles. The Morgan fingerprint density at radius 2 is 1.73 bits per heavy atom. The second-order valence-electron chi connectivity index (χ2n) is 7.19. The molecular weight excluding hydrogens is 396 g/mol. The molecule has 0 fully saturated rings. The zero-order valence-corrected chi connectivity index (χ0v) is 17.5. The third-order valence-electron chi connectivity index (χ3n) is 4.99. The summed E-state index contributed by atoms with van der Waals surface area (Å²) in [7, 11) is 0. The lowest BCUT2D eigenvalue weighted by Gasteiger charge is -2.13. The summed E-state index contributed by atoms with van der Waals surface area (Å²) in [5.41, 5.74) is 6.48. The van der Waals surface area contributed by atoms with Crippen molar-refractivity contribution in [2.45, 2.75) is 20.5 Å². The topological polar surface area (TPSA) is 55.2 Å². The van der Waals surface area contributed by atoms with Crippen LogP contribution in [0.3, 0.4) is 0 Å². The van der Waals surface area contributed by atoms with Crippen molar-refractivity contribution >= 4 is 11.6 Å². The van der Waals surface area contributed by atoms with Crippen LogP contribution >= 0.6 is 11.6 Å². The SMILES string of the molecule is Cc1ccc(C)c(COc2ccc(-c3ncncc3-c3ccc(Cl)cc3)c(O)c2)c1. The third-order valence-corrected chi connectivity index (χ3v) is 5.24. The van der Waals surface area contributed by atoms with Crippen LogP contribution in [0, 0.1) is 13.8 Å². The van der Waals surface area contributed by atoms with Crippen molar-refractivity contribution in [1.82, 2.24) is 9.97 Å². The van der Waals surface area contributed by atoms with Crippen molar-refractivity contribution in [3.8, 4) is 33.9 Å². The molecule has 0 aliphatic heterocycles. The number of halogens is 1. The fourth-order valence-corrected chi connectivity index (χ4v) is 3.43. The summed E-state index contributed by atoms with van der Waals surface area (Å²) >= 11 is 6.01. The van der Waals surface area contributed by atoms with Crippen LogP contribution in [0.4, 0.5) is 0 Å². The zero-order valence-electron chi connectivity index (χ0n) is 16.8. The van der Waals surface area contributed by atoms with Crippen molar-refractivity contribution in [1.29, 1.82) is 0 Å². The summed E-state index contributed by atoms with van der Waals surface area (Å²) in [6, 6.07) is 19.0. The highest BCUT2D eigenvalue weighted by Gasteiger charge is 2.14. The number of nitrogens with zero attached hydrogens (tertiary/aromatic N) is 2. The quantitative estimate of drug-likeness (QED) is 0.411. The minimum absolute atomic E-state index is 0.0994. The second kappa shape index (κ2) is 8.56. The van der Waals surface area contributed by atoms with E-state index in [9.17, 15) is 5.11 Å². The van der Waals surface area contributed by atoms with E-state index in [1.54, 1.807) is 12.3 Å². The monoisotopic (exact) mass is 416 g/mol. The smallest absolute Gasteiger partial charge is 0.128 e. The molecule has 0 atom stereocenters. The van der Waals surface area contributed by atoms with Gasteiger partial charge in [0.05, 0.1) is 5.69 Å². The van der Waals surface area contributed by atoms with E-state index in [-0.39, 0.29) is 5.75 Å². The Morgan fingerprint density at radius 3 is 2.50 bits per heavy atom. The number of aryl methyl sites for hydroxylation is 2. The van der Waals surface area contributed by atoms with Gasteiger partial charge in [0.2, 0.25) is 0 Å². The van der Waals surface area contributed by atoms with Gasteiger partial charge in [0.1, 0.15) is 24.4 Å². The van der Waals surface area contributed by atoms with Crippen LogP contribution in [-0.4, -0.2) is 15.1 Å². The minimum Gasteiger partial charge on any atom is -0.507 e. The number of benzene rings is 3. The summed E-state index contributed by atoms with van der Waals surface area (Å²) in [6.07, 6.45) is 3.20. The molecule has 150 valence electrons. The molecule has 4 nitrogen and oxygen atoms in total. The van der Waals surface area contributed by atoms with E-state index in [1.165, 1.54) is 17.5 Å². The number of hydrogen-bond donors (Lipinski definition) is 1. The Labute approximate surface area is 180 Å². The Morgan fingerprint density at radius 1 is 0.933 bits per heavy atom. The van der Waals surface area contributed by atoms with Gasteiger partial charge < -0.3 is 9.84 Å². The Kier molecular flexibility index (Phi) is 5.68. The van der Waals surface area contributed by atoms with Crippen molar-refractivity contribution in [2.24, 2.45) is 0 Å². The molecule has 1 heterocycles. The fourth-order valence-electron chi connectivity index (χ4n) is 3.30. The van der Waals surface area contributed by atoms with Crippen LogP contribution in [0.1, 0.15) is 16.7 Å². The summed E-state index contributed by atoms with van der Waals surface area (Å²) < 4.78 is 5.92. The molecule has 1 aromatic heterocycles. The van der Waals surface area contributed by atoms with Crippen molar-refractivity contribution < 1.29 is 9.84 Å². The molecule has 4 aromatic rings. The number of phenolic OH excluding ortho intramolecular Hbond substituents is 1. The predicted octanol–water partition coefficient (Wildman–Crippen LogP) is 6.37. The summed E-state index contributed by atoms with van der Waals surface area (Å²) in [5, 5.41) is 11.4. The van der Waals surface area contributed by atoms with E-state index in [1.807, 2.05) is 36.4 Å². The van der Waals surface area contributed by atoms with Gasteiger partial charge in [-0.05, 0) is 54.8 Å². The number of ether oxygens (including phenoxy) is 1. The van der Waals surface area contributed by atoms with Crippen LogP contribution in [0.2, 0.25) is 5.02 Å². The van der Waals surface area contributed by atoms with Gasteiger partial charge >= 0.3 is 0 Å². The fraction of sp³-hybridized carbons (Fsp3) is 0.120. The maximum atomic E-state index is 10.7. The van der Waals surface area contributed by atoms with Gasteiger partial charge in [-0.2, -0.15) is 0 Å². The molecule has 0 bridgehead atoms. The van der Waals surface area contributed by atoms with E-state index < -0.39 is 0 Å². The van der Waals surface area contributed by atoms with Gasteiger partial charge in [-0.3, -0.25) is 0 Å². The lowest BCUT2D eigenvalue weighted by molar-refractivity contribution is 0.303. The van der Waals surface area contributed by atoms with Crippen molar-refractivity contribution in [3.05, 3.63) is 94.9 Å². The first kappa shape index (κ1) is 19.9. The lowest BCUT2D eigenvalue weighted by atomic mass is 10.00. The molecular formula is C25H21ClN2O2. The predicted molar refractivity (Wildman–Crippen MR) is 120 cm³/mol. The molecule has 5 heteroatoms. The average Bonchev–Trinajstić information content (AvgIpc) is 2.75. The van der Waals surface area contributed by atoms with Gasteiger partial charge in [-0.1, -0.05) is 47.5 Å². The zero-order chi connectivity index (χ0) is 21.1.